The number of nitrogens with one attached hydrogen (secondary N) is 1. The molecule has 0 aliphatic rings. The van der Waals surface area contributed by atoms with Crippen molar-refractivity contribution in [1.29, 1.82) is 0 Å². The normalized spacial score (nSPS) is 10.0. The highest BCUT2D eigenvalue weighted by molar-refractivity contribution is 5.75. The van der Waals surface area contributed by atoms with Crippen molar-refractivity contribution in [2.45, 2.75) is 39.0 Å². The molecule has 0 rings (SSSR count). The summed E-state index contributed by atoms with van der Waals surface area (Å²) < 4.78 is 0. The Hall–Kier alpha value is -0.370. The Morgan fingerprint density at radius 1 is 1.18 bits per heavy atom. The Morgan fingerprint density at radius 3 is 2.36 bits per heavy atom. The largest absolute Gasteiger partial charge is 0.320 e. The van der Waals surface area contributed by atoms with Gasteiger partial charge in [-0.3, -0.25) is 0 Å². The van der Waals surface area contributed by atoms with E-state index in [4.69, 9.17) is 0 Å². The monoisotopic (exact) mass is 157 g/mol. The molecule has 0 aromatic heterocycles. The number of carbonyl (C=O) groups excluding carboxylic acids is 1. The molecule has 0 fully saturated rings. The molecule has 2 nitrogen and oxygen atoms in total. The van der Waals surface area contributed by atoms with Crippen LogP contribution in [0.4, 0.5) is 0 Å². The number of rotatable bonds is 7. The topological polar surface area (TPSA) is 29.1 Å². The minimum Gasteiger partial charge on any atom is -0.320 e. The van der Waals surface area contributed by atoms with Crippen LogP contribution >= 0.6 is 0 Å². The van der Waals surface area contributed by atoms with Crippen molar-refractivity contribution < 1.29 is 4.79 Å². The molecule has 0 saturated carbocycles. The second-order valence-corrected chi connectivity index (χ2v) is 2.97. The molecule has 66 valence electrons. The zero-order chi connectivity index (χ0) is 8.53. The van der Waals surface area contributed by atoms with Gasteiger partial charge < -0.3 is 10.1 Å². The summed E-state index contributed by atoms with van der Waals surface area (Å²) in [6.07, 6.45) is 5.50. The summed E-state index contributed by atoms with van der Waals surface area (Å²) in [5.41, 5.74) is 0. The molecule has 0 saturated heterocycles. The molecule has 0 aromatic carbocycles. The van der Waals surface area contributed by atoms with Gasteiger partial charge in [0, 0.05) is 6.42 Å². The number of unbranched alkanes of at least 4 members (excludes halogenated alkanes) is 3. The van der Waals surface area contributed by atoms with Gasteiger partial charge in [-0.25, -0.2) is 0 Å². The van der Waals surface area contributed by atoms with Crippen molar-refractivity contribution in [2.24, 2.45) is 0 Å². The van der Waals surface area contributed by atoms with Crippen LogP contribution in [0.2, 0.25) is 0 Å². The lowest BCUT2D eigenvalue weighted by Crippen LogP contribution is -2.06. The maximum Gasteiger partial charge on any atom is 0.129 e. The third-order valence-electron chi connectivity index (χ3n) is 1.71. The highest BCUT2D eigenvalue weighted by Gasteiger charge is 1.92. The standard InChI is InChI=1S/C9H19NO/c1-9(11)7-5-3-4-6-8-10-2/h10H,3-8H2,1-2H3. The van der Waals surface area contributed by atoms with Crippen LogP contribution in [0.5, 0.6) is 0 Å². The lowest BCUT2D eigenvalue weighted by molar-refractivity contribution is -0.117. The molecule has 11 heavy (non-hydrogen) atoms. The van der Waals surface area contributed by atoms with E-state index in [0.29, 0.717) is 5.78 Å². The first-order valence-corrected chi connectivity index (χ1v) is 4.41. The van der Waals surface area contributed by atoms with Gasteiger partial charge in [0.2, 0.25) is 0 Å². The SMILES string of the molecule is CNCCCCCCC(C)=O. The summed E-state index contributed by atoms with van der Waals surface area (Å²) in [5.74, 6) is 0.318. The first kappa shape index (κ1) is 10.6. The van der Waals surface area contributed by atoms with Crippen LogP contribution in [0, 0.1) is 0 Å². The average Bonchev–Trinajstić information content (AvgIpc) is 1.96. The fourth-order valence-corrected chi connectivity index (χ4v) is 1.03. The molecule has 0 amide bonds. The van der Waals surface area contributed by atoms with E-state index in [1.54, 1.807) is 6.92 Å². The second kappa shape index (κ2) is 7.73. The predicted octanol–water partition coefficient (Wildman–Crippen LogP) is 1.75. The number of carbonyl (C=O) groups is 1. The van der Waals surface area contributed by atoms with E-state index in [0.717, 1.165) is 19.4 Å². The third-order valence-corrected chi connectivity index (χ3v) is 1.71. The molecule has 0 atom stereocenters. The maximum atomic E-state index is 10.5. The van der Waals surface area contributed by atoms with E-state index < -0.39 is 0 Å². The van der Waals surface area contributed by atoms with Gasteiger partial charge in [0.25, 0.3) is 0 Å². The van der Waals surface area contributed by atoms with E-state index in [-0.39, 0.29) is 0 Å². The van der Waals surface area contributed by atoms with Gasteiger partial charge in [0.15, 0.2) is 0 Å². The van der Waals surface area contributed by atoms with Crippen molar-refractivity contribution in [1.82, 2.24) is 5.32 Å². The van der Waals surface area contributed by atoms with E-state index >= 15 is 0 Å². The van der Waals surface area contributed by atoms with Crippen LogP contribution in [0.15, 0.2) is 0 Å². The highest BCUT2D eigenvalue weighted by atomic mass is 16.1. The fraction of sp³-hybridized carbons (Fsp3) is 0.889. The summed E-state index contributed by atoms with van der Waals surface area (Å²) in [6, 6.07) is 0. The molecule has 1 N–H and O–H groups in total. The molecule has 0 unspecified atom stereocenters. The zero-order valence-electron chi connectivity index (χ0n) is 7.65. The summed E-state index contributed by atoms with van der Waals surface area (Å²) >= 11 is 0. The van der Waals surface area contributed by atoms with Crippen LogP contribution in [-0.4, -0.2) is 19.4 Å². The third kappa shape index (κ3) is 9.63. The average molecular weight is 157 g/mol. The predicted molar refractivity (Wildman–Crippen MR) is 47.7 cm³/mol. The molecule has 2 heteroatoms. The number of hydrogen-bond donors (Lipinski definition) is 1. The minimum atomic E-state index is 0.318. The summed E-state index contributed by atoms with van der Waals surface area (Å²) in [7, 11) is 1.97. The smallest absolute Gasteiger partial charge is 0.129 e. The fourth-order valence-electron chi connectivity index (χ4n) is 1.03. The number of ketones is 1. The van der Waals surface area contributed by atoms with Crippen LogP contribution < -0.4 is 5.32 Å². The molecule has 0 spiro atoms. The maximum absolute atomic E-state index is 10.5. The first-order chi connectivity index (χ1) is 5.27. The number of Topliss-reactive ketones (excluding diaryl/α,β-unsaturated/α-hetero) is 1. The van der Waals surface area contributed by atoms with Gasteiger partial charge >= 0.3 is 0 Å². The van der Waals surface area contributed by atoms with Crippen LogP contribution in [0.1, 0.15) is 39.0 Å². The van der Waals surface area contributed by atoms with Gasteiger partial charge in [-0.2, -0.15) is 0 Å². The Labute approximate surface area is 69.4 Å². The van der Waals surface area contributed by atoms with Crippen molar-refractivity contribution in [3.05, 3.63) is 0 Å². The molecular formula is C9H19NO. The zero-order valence-corrected chi connectivity index (χ0v) is 7.65. The molecule has 0 heterocycles. The van der Waals surface area contributed by atoms with Gasteiger partial charge in [0.05, 0.1) is 0 Å². The first-order valence-electron chi connectivity index (χ1n) is 4.41. The van der Waals surface area contributed by atoms with E-state index in [1.807, 2.05) is 7.05 Å². The summed E-state index contributed by atoms with van der Waals surface area (Å²) in [4.78, 5) is 10.5. The van der Waals surface area contributed by atoms with Crippen molar-refractivity contribution in [3.8, 4) is 0 Å². The van der Waals surface area contributed by atoms with E-state index in [1.165, 1.54) is 19.3 Å². The van der Waals surface area contributed by atoms with E-state index in [9.17, 15) is 4.79 Å². The minimum absolute atomic E-state index is 0.318. The van der Waals surface area contributed by atoms with Gasteiger partial charge in [-0.15, -0.1) is 0 Å². The Bertz CT molecular complexity index is 102. The second-order valence-electron chi connectivity index (χ2n) is 2.97. The van der Waals surface area contributed by atoms with Crippen molar-refractivity contribution in [3.63, 3.8) is 0 Å². The van der Waals surface area contributed by atoms with Crippen molar-refractivity contribution in [2.75, 3.05) is 13.6 Å². The Kier molecular flexibility index (Phi) is 7.47. The van der Waals surface area contributed by atoms with Gasteiger partial charge in [-0.1, -0.05) is 12.8 Å². The van der Waals surface area contributed by atoms with Crippen LogP contribution in [0.3, 0.4) is 0 Å². The molecular weight excluding hydrogens is 138 g/mol. The lowest BCUT2D eigenvalue weighted by atomic mass is 10.1. The summed E-state index contributed by atoms with van der Waals surface area (Å²) in [5, 5.41) is 3.10. The Balaban J connectivity index is 2.85. The Morgan fingerprint density at radius 2 is 1.82 bits per heavy atom. The molecule has 0 radical (unpaired) electrons. The van der Waals surface area contributed by atoms with Gasteiger partial charge in [0.1, 0.15) is 5.78 Å². The molecule has 0 aliphatic carbocycles. The summed E-state index contributed by atoms with van der Waals surface area (Å²) in [6.45, 7) is 2.76. The molecule has 0 bridgehead atoms. The van der Waals surface area contributed by atoms with Crippen molar-refractivity contribution >= 4 is 5.78 Å². The van der Waals surface area contributed by atoms with Crippen LogP contribution in [0.25, 0.3) is 0 Å². The lowest BCUT2D eigenvalue weighted by Gasteiger charge is -1.98. The van der Waals surface area contributed by atoms with Gasteiger partial charge in [-0.05, 0) is 33.4 Å². The number of hydrogen-bond acceptors (Lipinski definition) is 2. The molecule has 0 aromatic rings. The molecule has 0 aliphatic heterocycles. The van der Waals surface area contributed by atoms with Crippen LogP contribution in [-0.2, 0) is 4.79 Å². The quantitative estimate of drug-likeness (QED) is 0.570. The van der Waals surface area contributed by atoms with E-state index in [2.05, 4.69) is 5.32 Å². The highest BCUT2D eigenvalue weighted by Crippen LogP contribution is 2.02.